The topological polar surface area (TPSA) is 134 Å². The molecule has 0 saturated carbocycles. The molecule has 0 saturated heterocycles. The summed E-state index contributed by atoms with van der Waals surface area (Å²) >= 11 is 0. The number of hydrogen-bond acceptors (Lipinski definition) is 7. The van der Waals surface area contributed by atoms with Gasteiger partial charge >= 0.3 is 5.97 Å². The molecule has 3 N–H and O–H groups in total. The van der Waals surface area contributed by atoms with Crippen molar-refractivity contribution in [1.82, 2.24) is 25.2 Å². The number of aliphatic hydroxyl groups excluding tert-OH is 2. The largest absolute Gasteiger partial charge is 0.481 e. The molecule has 2 aromatic carbocycles. The number of carbonyl (C=O) groups is 1. The molecule has 2 aromatic heterocycles. The van der Waals surface area contributed by atoms with Crippen molar-refractivity contribution in [3.05, 3.63) is 76.7 Å². The van der Waals surface area contributed by atoms with Crippen LogP contribution in [0.4, 0.5) is 4.39 Å². The summed E-state index contributed by atoms with van der Waals surface area (Å²) in [4.78, 5) is 16.2. The second-order valence-electron chi connectivity index (χ2n) is 11.0. The summed E-state index contributed by atoms with van der Waals surface area (Å²) in [7, 11) is 1.81. The Hall–Kier alpha value is -4.28. The third-order valence-electron chi connectivity index (χ3n) is 7.57. The molecule has 1 aliphatic carbocycles. The van der Waals surface area contributed by atoms with Crippen LogP contribution in [0.25, 0.3) is 39.8 Å². The van der Waals surface area contributed by atoms with Gasteiger partial charge in [0, 0.05) is 30.2 Å². The highest BCUT2D eigenvalue weighted by molar-refractivity contribution is 5.86. The van der Waals surface area contributed by atoms with Gasteiger partial charge in [0.15, 0.2) is 5.82 Å². The Bertz CT molecular complexity index is 1630. The summed E-state index contributed by atoms with van der Waals surface area (Å²) < 4.78 is 15.7. The van der Waals surface area contributed by atoms with Crippen LogP contribution in [0.3, 0.4) is 0 Å². The molecule has 1 aliphatic rings. The van der Waals surface area contributed by atoms with Crippen molar-refractivity contribution in [3.8, 4) is 33.8 Å². The third-order valence-corrected chi connectivity index (χ3v) is 7.57. The molecule has 2 heterocycles. The number of tetrazole rings is 1. The van der Waals surface area contributed by atoms with E-state index in [2.05, 4.69) is 41.5 Å². The van der Waals surface area contributed by atoms with E-state index in [0.29, 0.717) is 5.82 Å². The van der Waals surface area contributed by atoms with Crippen molar-refractivity contribution in [3.63, 3.8) is 0 Å². The second-order valence-corrected chi connectivity index (χ2v) is 11.0. The number of fused-ring (bicyclic) bond motifs is 3. The highest BCUT2D eigenvalue weighted by Crippen LogP contribution is 2.42. The van der Waals surface area contributed by atoms with E-state index in [1.54, 1.807) is 36.0 Å². The Balaban J connectivity index is 1.67. The van der Waals surface area contributed by atoms with Gasteiger partial charge in [-0.3, -0.25) is 9.78 Å². The minimum atomic E-state index is -1.17. The number of aryl methyl sites for hydroxylation is 2. The number of aliphatic hydroxyl groups is 2. The van der Waals surface area contributed by atoms with E-state index in [4.69, 9.17) is 10.1 Å². The number of carboxylic acid groups (broad SMARTS) is 1. The van der Waals surface area contributed by atoms with Crippen LogP contribution in [0, 0.1) is 5.82 Å². The molecule has 42 heavy (non-hydrogen) atoms. The Morgan fingerprint density at radius 2 is 1.83 bits per heavy atom. The number of pyridine rings is 1. The van der Waals surface area contributed by atoms with Gasteiger partial charge in [0.1, 0.15) is 5.82 Å². The molecule has 0 unspecified atom stereocenters. The summed E-state index contributed by atoms with van der Waals surface area (Å²) in [6.45, 7) is 4.10. The number of nitrogens with zero attached hydrogens (tertiary/aromatic N) is 5. The summed E-state index contributed by atoms with van der Waals surface area (Å²) in [5.74, 6) is -0.772. The van der Waals surface area contributed by atoms with Crippen molar-refractivity contribution in [2.45, 2.75) is 64.1 Å². The van der Waals surface area contributed by atoms with E-state index >= 15 is 0 Å². The van der Waals surface area contributed by atoms with Crippen molar-refractivity contribution in [2.75, 3.05) is 0 Å². The number of aromatic nitrogens is 5. The predicted molar refractivity (Wildman–Crippen MR) is 157 cm³/mol. The number of hydrogen-bond donors (Lipinski definition) is 3. The lowest BCUT2D eigenvalue weighted by atomic mass is 9.86. The number of carboxylic acids is 1. The lowest BCUT2D eigenvalue weighted by Crippen LogP contribution is -2.19. The minimum absolute atomic E-state index is 0.0135. The smallest absolute Gasteiger partial charge is 0.305 e. The summed E-state index contributed by atoms with van der Waals surface area (Å²) in [6.07, 6.45) is 3.01. The van der Waals surface area contributed by atoms with E-state index < -0.39 is 24.6 Å². The van der Waals surface area contributed by atoms with Gasteiger partial charge in [0.25, 0.3) is 0 Å². The highest BCUT2D eigenvalue weighted by atomic mass is 19.1. The van der Waals surface area contributed by atoms with Crippen LogP contribution in [0.1, 0.15) is 61.4 Å². The molecule has 0 fully saturated rings. The minimum Gasteiger partial charge on any atom is -0.481 e. The van der Waals surface area contributed by atoms with Gasteiger partial charge in [-0.1, -0.05) is 50.3 Å². The Morgan fingerprint density at radius 1 is 1.10 bits per heavy atom. The number of benzene rings is 2. The summed E-state index contributed by atoms with van der Waals surface area (Å²) in [5, 5.41) is 41.5. The van der Waals surface area contributed by atoms with Crippen molar-refractivity contribution < 1.29 is 24.5 Å². The molecule has 4 aromatic rings. The van der Waals surface area contributed by atoms with E-state index in [1.807, 2.05) is 6.07 Å². The molecule has 5 rings (SSSR count). The monoisotopic (exact) mass is 571 g/mol. The maximum atomic E-state index is 14.0. The summed E-state index contributed by atoms with van der Waals surface area (Å²) in [5.41, 5.74) is 8.40. The van der Waals surface area contributed by atoms with Crippen LogP contribution in [0.15, 0.2) is 48.5 Å². The SMILES string of the molecule is CC(C)c1nc2c(c(-c3ccc(F)cc3)c1/C=C/[C@@H](O)C[C@@H](O)CC(=O)O)CCCc1cc(-c3nnnn3C)ccc1-2. The van der Waals surface area contributed by atoms with Crippen LogP contribution in [0.2, 0.25) is 0 Å². The average molecular weight is 572 g/mol. The zero-order valence-corrected chi connectivity index (χ0v) is 23.8. The van der Waals surface area contributed by atoms with Gasteiger partial charge < -0.3 is 15.3 Å². The highest BCUT2D eigenvalue weighted by Gasteiger charge is 2.26. The van der Waals surface area contributed by atoms with Gasteiger partial charge in [0.2, 0.25) is 0 Å². The molecular formula is C32H34FN5O4. The van der Waals surface area contributed by atoms with Gasteiger partial charge in [-0.25, -0.2) is 9.07 Å². The van der Waals surface area contributed by atoms with Crippen molar-refractivity contribution in [1.29, 1.82) is 0 Å². The van der Waals surface area contributed by atoms with Crippen molar-refractivity contribution >= 4 is 12.0 Å². The maximum Gasteiger partial charge on any atom is 0.305 e. The number of aliphatic carboxylic acids is 1. The standard InChI is InChI=1S/C32H34FN5O4/c1-18(2)30-27(14-12-23(39)16-24(40)17-28(41)42)29(19-7-10-22(33)11-8-19)26-6-4-5-20-15-21(32-35-36-37-38(32)3)9-13-25(20)31(26)34-30/h7-15,18,23-24,39-40H,4-6,16-17H2,1-3H3,(H,41,42)/b14-12+/t23-,24-/m1/s1. The predicted octanol–water partition coefficient (Wildman–Crippen LogP) is 4.96. The second kappa shape index (κ2) is 12.3. The lowest BCUT2D eigenvalue weighted by molar-refractivity contribution is -0.139. The maximum absolute atomic E-state index is 14.0. The Labute approximate surface area is 243 Å². The van der Waals surface area contributed by atoms with Crippen LogP contribution in [-0.4, -0.2) is 58.7 Å². The lowest BCUT2D eigenvalue weighted by Gasteiger charge is -2.22. The van der Waals surface area contributed by atoms with Gasteiger partial charge in [-0.2, -0.15) is 0 Å². The van der Waals surface area contributed by atoms with E-state index in [-0.39, 0.29) is 18.2 Å². The van der Waals surface area contributed by atoms with Gasteiger partial charge in [0.05, 0.1) is 30.0 Å². The molecule has 10 heteroatoms. The first-order chi connectivity index (χ1) is 20.1. The zero-order valence-electron chi connectivity index (χ0n) is 23.8. The molecule has 9 nitrogen and oxygen atoms in total. The molecule has 0 radical (unpaired) electrons. The fraction of sp³-hybridized carbons (Fsp3) is 0.344. The molecule has 0 aliphatic heterocycles. The first-order valence-corrected chi connectivity index (χ1v) is 14.1. The molecule has 0 amide bonds. The summed E-state index contributed by atoms with van der Waals surface area (Å²) in [6, 6.07) is 12.6. The Morgan fingerprint density at radius 3 is 2.50 bits per heavy atom. The van der Waals surface area contributed by atoms with Crippen LogP contribution < -0.4 is 0 Å². The average Bonchev–Trinajstić information content (AvgIpc) is 3.28. The van der Waals surface area contributed by atoms with Crippen LogP contribution in [-0.2, 0) is 24.7 Å². The quantitative estimate of drug-likeness (QED) is 0.257. The van der Waals surface area contributed by atoms with E-state index in [0.717, 1.165) is 69.6 Å². The fourth-order valence-electron chi connectivity index (χ4n) is 5.63. The van der Waals surface area contributed by atoms with Gasteiger partial charge in [-0.15, -0.1) is 5.10 Å². The van der Waals surface area contributed by atoms with Gasteiger partial charge in [-0.05, 0) is 76.1 Å². The number of rotatable bonds is 9. The molecule has 0 spiro atoms. The Kier molecular flexibility index (Phi) is 8.56. The first-order valence-electron chi connectivity index (χ1n) is 14.1. The van der Waals surface area contributed by atoms with E-state index in [1.165, 1.54) is 12.1 Å². The number of halogens is 1. The molecule has 0 bridgehead atoms. The van der Waals surface area contributed by atoms with Crippen LogP contribution in [0.5, 0.6) is 0 Å². The van der Waals surface area contributed by atoms with Crippen LogP contribution >= 0.6 is 0 Å². The fourth-order valence-corrected chi connectivity index (χ4v) is 5.63. The molecular weight excluding hydrogens is 537 g/mol. The normalized spacial score (nSPS) is 14.5. The zero-order chi connectivity index (χ0) is 30.0. The van der Waals surface area contributed by atoms with E-state index in [9.17, 15) is 19.4 Å². The first kappa shape index (κ1) is 29.2. The molecule has 2 atom stereocenters. The van der Waals surface area contributed by atoms with Crippen molar-refractivity contribution in [2.24, 2.45) is 7.05 Å². The molecule has 218 valence electrons. The third kappa shape index (κ3) is 6.14.